The Hall–Kier alpha value is -0.890. The molecule has 1 saturated carbocycles. The van der Waals surface area contributed by atoms with Crippen LogP contribution in [-0.4, -0.2) is 78.9 Å². The van der Waals surface area contributed by atoms with Gasteiger partial charge in [0.05, 0.1) is 24.4 Å². The molecule has 2 aliphatic rings. The Morgan fingerprint density at radius 3 is 2.58 bits per heavy atom. The van der Waals surface area contributed by atoms with Gasteiger partial charge >= 0.3 is 6.09 Å². The van der Waals surface area contributed by atoms with Crippen LogP contribution in [-0.2, 0) is 14.2 Å². The number of ether oxygens (including phenoxy) is 3. The van der Waals surface area contributed by atoms with Gasteiger partial charge in [-0.3, -0.25) is 4.90 Å². The maximum atomic E-state index is 12.2. The molecule has 1 amide bonds. The Kier molecular flexibility index (Phi) is 6.12. The average molecular weight is 344 g/mol. The van der Waals surface area contributed by atoms with Crippen molar-refractivity contribution >= 4 is 6.09 Å². The molecule has 1 heterocycles. The highest BCUT2D eigenvalue weighted by Crippen LogP contribution is 2.34. The van der Waals surface area contributed by atoms with Crippen molar-refractivity contribution in [2.24, 2.45) is 0 Å². The number of hydrogen-bond acceptors (Lipinski definition) is 6. The number of hydrogen-bond donors (Lipinski definition) is 2. The number of carbonyl (C=O) groups excluding carboxylic acids is 1. The van der Waals surface area contributed by atoms with E-state index in [1.54, 1.807) is 12.0 Å². The van der Waals surface area contributed by atoms with Crippen LogP contribution in [0.1, 0.15) is 40.5 Å². The zero-order valence-corrected chi connectivity index (χ0v) is 15.5. The number of aliphatic hydroxyl groups is 1. The molecule has 1 saturated heterocycles. The Labute approximate surface area is 144 Å². The van der Waals surface area contributed by atoms with Crippen LogP contribution in [0.4, 0.5) is 4.79 Å². The molecular weight excluding hydrogens is 312 g/mol. The molecule has 0 aromatic carbocycles. The Morgan fingerprint density at radius 2 is 2.04 bits per heavy atom. The van der Waals surface area contributed by atoms with Crippen molar-refractivity contribution in [1.29, 1.82) is 0 Å². The second-order valence-corrected chi connectivity index (χ2v) is 7.85. The van der Waals surface area contributed by atoms with Gasteiger partial charge < -0.3 is 24.6 Å². The molecular formula is C17H32N2O5. The number of rotatable bonds is 7. The lowest BCUT2D eigenvalue weighted by Gasteiger charge is -2.50. The Morgan fingerprint density at radius 1 is 1.38 bits per heavy atom. The van der Waals surface area contributed by atoms with E-state index >= 15 is 0 Å². The van der Waals surface area contributed by atoms with Crippen LogP contribution in [0.3, 0.4) is 0 Å². The second-order valence-electron chi connectivity index (χ2n) is 7.85. The maximum Gasteiger partial charge on any atom is 0.410 e. The van der Waals surface area contributed by atoms with Gasteiger partial charge in [0.25, 0.3) is 0 Å². The fourth-order valence-electron chi connectivity index (χ4n) is 3.26. The molecule has 2 N–H and O–H groups in total. The van der Waals surface area contributed by atoms with Crippen LogP contribution in [0.2, 0.25) is 0 Å². The summed E-state index contributed by atoms with van der Waals surface area (Å²) in [5, 5.41) is 13.8. The highest BCUT2D eigenvalue weighted by molar-refractivity contribution is 5.70. The topological polar surface area (TPSA) is 80.3 Å². The fourth-order valence-corrected chi connectivity index (χ4v) is 3.26. The van der Waals surface area contributed by atoms with E-state index in [2.05, 4.69) is 5.32 Å². The summed E-state index contributed by atoms with van der Waals surface area (Å²) < 4.78 is 16.2. The average Bonchev–Trinajstić information content (AvgIpc) is 2.40. The minimum Gasteiger partial charge on any atom is -0.444 e. The largest absolute Gasteiger partial charge is 0.444 e. The van der Waals surface area contributed by atoms with Gasteiger partial charge in [-0.2, -0.15) is 0 Å². The SMILES string of the molecule is CCOC1CC(O)(CNC2CN(C(=O)OC(C)(C)C)C2COC)C1. The molecule has 2 fully saturated rings. The highest BCUT2D eigenvalue weighted by atomic mass is 16.6. The zero-order chi connectivity index (χ0) is 18.0. The molecule has 0 aromatic heterocycles. The summed E-state index contributed by atoms with van der Waals surface area (Å²) in [6.07, 6.45) is 1.16. The highest BCUT2D eigenvalue weighted by Gasteiger charge is 2.47. The summed E-state index contributed by atoms with van der Waals surface area (Å²) in [5.74, 6) is 0. The van der Waals surface area contributed by atoms with E-state index in [9.17, 15) is 9.90 Å². The van der Waals surface area contributed by atoms with Crippen LogP contribution in [0.15, 0.2) is 0 Å². The van der Waals surface area contributed by atoms with Gasteiger partial charge in [0, 0.05) is 45.7 Å². The normalized spacial score (nSPS) is 32.9. The summed E-state index contributed by atoms with van der Waals surface area (Å²) in [7, 11) is 1.62. The van der Waals surface area contributed by atoms with Gasteiger partial charge in [-0.15, -0.1) is 0 Å². The van der Waals surface area contributed by atoms with Crippen molar-refractivity contribution in [1.82, 2.24) is 10.2 Å². The maximum absolute atomic E-state index is 12.2. The third-order valence-electron chi connectivity index (χ3n) is 4.53. The molecule has 140 valence electrons. The molecule has 2 unspecified atom stereocenters. The quantitative estimate of drug-likeness (QED) is 0.721. The van der Waals surface area contributed by atoms with Crippen LogP contribution in [0, 0.1) is 0 Å². The third-order valence-corrected chi connectivity index (χ3v) is 4.53. The molecule has 7 nitrogen and oxygen atoms in total. The lowest BCUT2D eigenvalue weighted by molar-refractivity contribution is -0.138. The number of carbonyl (C=O) groups is 1. The fraction of sp³-hybridized carbons (Fsp3) is 0.941. The van der Waals surface area contributed by atoms with Gasteiger partial charge in [-0.25, -0.2) is 4.79 Å². The monoisotopic (exact) mass is 344 g/mol. The standard InChI is InChI=1S/C17H32N2O5/c1-6-23-12-7-17(21,8-12)11-18-13-9-19(14(13)10-22-5)15(20)24-16(2,3)4/h12-14,18,21H,6-11H2,1-5H3. The molecule has 24 heavy (non-hydrogen) atoms. The summed E-state index contributed by atoms with van der Waals surface area (Å²) in [6, 6.07) is 0.0313. The van der Waals surface area contributed by atoms with E-state index in [0.29, 0.717) is 39.1 Å². The first-order chi connectivity index (χ1) is 11.2. The minimum absolute atomic E-state index is 0.0729. The van der Waals surface area contributed by atoms with Gasteiger partial charge in [0.1, 0.15) is 5.60 Å². The lowest BCUT2D eigenvalue weighted by atomic mass is 9.77. The lowest BCUT2D eigenvalue weighted by Crippen LogP contribution is -2.71. The first-order valence-electron chi connectivity index (χ1n) is 8.73. The van der Waals surface area contributed by atoms with E-state index in [4.69, 9.17) is 14.2 Å². The molecule has 0 bridgehead atoms. The van der Waals surface area contributed by atoms with Gasteiger partial charge in [0.15, 0.2) is 0 Å². The van der Waals surface area contributed by atoms with Crippen molar-refractivity contribution in [3.05, 3.63) is 0 Å². The summed E-state index contributed by atoms with van der Waals surface area (Å²) >= 11 is 0. The molecule has 1 aliphatic heterocycles. The van der Waals surface area contributed by atoms with Gasteiger partial charge in [-0.1, -0.05) is 0 Å². The van der Waals surface area contributed by atoms with E-state index < -0.39 is 11.2 Å². The van der Waals surface area contributed by atoms with Crippen molar-refractivity contribution in [2.45, 2.75) is 69.9 Å². The predicted octanol–water partition coefficient (Wildman–Crippen LogP) is 1.14. The van der Waals surface area contributed by atoms with Crippen LogP contribution in [0.5, 0.6) is 0 Å². The molecule has 7 heteroatoms. The summed E-state index contributed by atoms with van der Waals surface area (Å²) in [4.78, 5) is 13.9. The molecule has 0 aromatic rings. The van der Waals surface area contributed by atoms with Crippen molar-refractivity contribution in [3.8, 4) is 0 Å². The van der Waals surface area contributed by atoms with E-state index in [1.165, 1.54) is 0 Å². The van der Waals surface area contributed by atoms with Crippen molar-refractivity contribution in [3.63, 3.8) is 0 Å². The van der Waals surface area contributed by atoms with Crippen molar-refractivity contribution in [2.75, 3.05) is 33.4 Å². The molecule has 1 aliphatic carbocycles. The number of methoxy groups -OCH3 is 1. The number of nitrogens with one attached hydrogen (secondary N) is 1. The first-order valence-corrected chi connectivity index (χ1v) is 8.73. The van der Waals surface area contributed by atoms with Crippen molar-refractivity contribution < 1.29 is 24.1 Å². The molecule has 2 rings (SSSR count). The van der Waals surface area contributed by atoms with Crippen LogP contribution < -0.4 is 5.32 Å². The second kappa shape index (κ2) is 7.56. The smallest absolute Gasteiger partial charge is 0.410 e. The molecule has 2 atom stereocenters. The van der Waals surface area contributed by atoms with Crippen LogP contribution in [0.25, 0.3) is 0 Å². The van der Waals surface area contributed by atoms with Gasteiger partial charge in [0.2, 0.25) is 0 Å². The number of amides is 1. The van der Waals surface area contributed by atoms with Crippen LogP contribution >= 0.6 is 0 Å². The Balaban J connectivity index is 1.79. The summed E-state index contributed by atoms with van der Waals surface area (Å²) in [5.41, 5.74) is -1.22. The van der Waals surface area contributed by atoms with E-state index in [0.717, 1.165) is 0 Å². The third kappa shape index (κ3) is 4.81. The Bertz CT molecular complexity index is 431. The zero-order valence-electron chi connectivity index (χ0n) is 15.5. The molecule has 0 spiro atoms. The molecule has 0 radical (unpaired) electrons. The summed E-state index contributed by atoms with van der Waals surface area (Å²) in [6.45, 7) is 9.71. The number of likely N-dealkylation sites (tertiary alicyclic amines) is 1. The van der Waals surface area contributed by atoms with Gasteiger partial charge in [-0.05, 0) is 27.7 Å². The number of nitrogens with zero attached hydrogens (tertiary/aromatic N) is 1. The van der Waals surface area contributed by atoms with E-state index in [-0.39, 0.29) is 24.3 Å². The van der Waals surface area contributed by atoms with E-state index in [1.807, 2.05) is 27.7 Å². The minimum atomic E-state index is -0.705. The first kappa shape index (κ1) is 19.4. The predicted molar refractivity (Wildman–Crippen MR) is 90.0 cm³/mol.